The maximum absolute atomic E-state index is 13.1. The summed E-state index contributed by atoms with van der Waals surface area (Å²) in [7, 11) is 0. The molecule has 1 aromatic carbocycles. The summed E-state index contributed by atoms with van der Waals surface area (Å²) in [5, 5.41) is -0.253. The lowest BCUT2D eigenvalue weighted by Crippen LogP contribution is -2.22. The summed E-state index contributed by atoms with van der Waals surface area (Å²) < 4.78 is 13.6. The Morgan fingerprint density at radius 1 is 1.67 bits per heavy atom. The molecule has 2 N–H and O–H groups in total. The maximum atomic E-state index is 13.1. The lowest BCUT2D eigenvalue weighted by Gasteiger charge is -2.07. The van der Waals surface area contributed by atoms with Crippen LogP contribution in [0.2, 0.25) is 0 Å². The van der Waals surface area contributed by atoms with Gasteiger partial charge in [-0.25, -0.2) is 4.39 Å². The molecule has 0 saturated heterocycles. The van der Waals surface area contributed by atoms with Crippen molar-refractivity contribution in [1.29, 1.82) is 0 Å². The number of hydrogen-bond acceptors (Lipinski definition) is 2. The summed E-state index contributed by atoms with van der Waals surface area (Å²) in [6, 6.07) is 4.92. The molecule has 15 heavy (non-hydrogen) atoms. The van der Waals surface area contributed by atoms with Crippen molar-refractivity contribution in [2.24, 2.45) is 5.73 Å². The molecule has 0 aliphatic heterocycles. The van der Waals surface area contributed by atoms with Crippen molar-refractivity contribution in [2.75, 3.05) is 0 Å². The van der Waals surface area contributed by atoms with E-state index in [1.54, 1.807) is 13.0 Å². The zero-order chi connectivity index (χ0) is 11.4. The number of rotatable bonds is 4. The van der Waals surface area contributed by atoms with E-state index in [1.165, 1.54) is 17.8 Å². The van der Waals surface area contributed by atoms with E-state index in [0.29, 0.717) is 10.2 Å². The van der Waals surface area contributed by atoms with Gasteiger partial charge in [0.1, 0.15) is 5.82 Å². The first-order chi connectivity index (χ1) is 7.00. The molecule has 2 nitrogen and oxygen atoms in total. The van der Waals surface area contributed by atoms with Gasteiger partial charge in [-0.05, 0) is 40.5 Å². The Labute approximate surface area is 101 Å². The van der Waals surface area contributed by atoms with Gasteiger partial charge in [0.15, 0.2) is 0 Å². The van der Waals surface area contributed by atoms with Crippen LogP contribution in [0.4, 0.5) is 4.39 Å². The summed E-state index contributed by atoms with van der Waals surface area (Å²) in [6.07, 6.45) is 0. The number of benzene rings is 1. The largest absolute Gasteiger partial charge is 0.369 e. The van der Waals surface area contributed by atoms with Gasteiger partial charge in [0.05, 0.1) is 9.72 Å². The van der Waals surface area contributed by atoms with Crippen LogP contribution in [0.1, 0.15) is 12.5 Å². The van der Waals surface area contributed by atoms with Gasteiger partial charge in [0, 0.05) is 5.75 Å². The van der Waals surface area contributed by atoms with Crippen LogP contribution in [0, 0.1) is 5.82 Å². The fraction of sp³-hybridized carbons (Fsp3) is 0.300. The predicted octanol–water partition coefficient (Wildman–Crippen LogP) is 2.70. The lowest BCUT2D eigenvalue weighted by molar-refractivity contribution is -0.117. The molecule has 1 amide bonds. The normalized spacial score (nSPS) is 12.5. The Balaban J connectivity index is 2.58. The molecule has 1 unspecified atom stereocenters. The van der Waals surface area contributed by atoms with Crippen molar-refractivity contribution in [3.05, 3.63) is 34.1 Å². The average Bonchev–Trinajstić information content (AvgIpc) is 2.19. The highest BCUT2D eigenvalue weighted by atomic mass is 79.9. The summed E-state index contributed by atoms with van der Waals surface area (Å²) in [5.41, 5.74) is 5.95. The predicted molar refractivity (Wildman–Crippen MR) is 64.1 cm³/mol. The highest BCUT2D eigenvalue weighted by Crippen LogP contribution is 2.21. The molecule has 5 heteroatoms. The van der Waals surface area contributed by atoms with Gasteiger partial charge in [-0.1, -0.05) is 6.07 Å². The van der Waals surface area contributed by atoms with E-state index in [-0.39, 0.29) is 17.0 Å². The maximum Gasteiger partial charge on any atom is 0.230 e. The summed E-state index contributed by atoms with van der Waals surface area (Å²) in [5.74, 6) is -0.0636. The van der Waals surface area contributed by atoms with Crippen molar-refractivity contribution in [3.63, 3.8) is 0 Å². The molecule has 0 bridgehead atoms. The van der Waals surface area contributed by atoms with E-state index in [2.05, 4.69) is 15.9 Å². The van der Waals surface area contributed by atoms with E-state index >= 15 is 0 Å². The number of thioether (sulfide) groups is 1. The number of primary amides is 1. The first kappa shape index (κ1) is 12.5. The Morgan fingerprint density at radius 3 is 2.87 bits per heavy atom. The van der Waals surface area contributed by atoms with Crippen molar-refractivity contribution in [3.8, 4) is 0 Å². The van der Waals surface area contributed by atoms with Crippen molar-refractivity contribution < 1.29 is 9.18 Å². The van der Waals surface area contributed by atoms with Crippen LogP contribution in [0.5, 0.6) is 0 Å². The van der Waals surface area contributed by atoms with Crippen LogP contribution in [0.3, 0.4) is 0 Å². The fourth-order valence-corrected chi connectivity index (χ4v) is 1.97. The number of nitrogens with two attached hydrogens (primary N) is 1. The first-order valence-corrected chi connectivity index (χ1v) is 6.19. The topological polar surface area (TPSA) is 43.1 Å². The molecule has 0 radical (unpaired) electrons. The Bertz CT molecular complexity index is 372. The Kier molecular flexibility index (Phi) is 4.60. The molecule has 1 atom stereocenters. The van der Waals surface area contributed by atoms with Crippen LogP contribution in [0.15, 0.2) is 22.7 Å². The molecular formula is C10H11BrFNOS. The van der Waals surface area contributed by atoms with E-state index in [1.807, 2.05) is 6.07 Å². The van der Waals surface area contributed by atoms with Crippen LogP contribution in [-0.2, 0) is 10.5 Å². The number of halogens is 2. The van der Waals surface area contributed by atoms with Gasteiger partial charge in [-0.3, -0.25) is 4.79 Å². The molecule has 0 aliphatic carbocycles. The molecule has 0 heterocycles. The van der Waals surface area contributed by atoms with E-state index in [9.17, 15) is 9.18 Å². The van der Waals surface area contributed by atoms with Crippen molar-refractivity contribution in [2.45, 2.75) is 17.9 Å². The highest BCUT2D eigenvalue weighted by molar-refractivity contribution is 9.10. The van der Waals surface area contributed by atoms with Crippen molar-refractivity contribution in [1.82, 2.24) is 0 Å². The van der Waals surface area contributed by atoms with Crippen LogP contribution < -0.4 is 5.73 Å². The SMILES string of the molecule is CC(SCc1ccc(Br)c(F)c1)C(N)=O. The smallest absolute Gasteiger partial charge is 0.230 e. The zero-order valence-corrected chi connectivity index (χ0v) is 10.6. The standard InChI is InChI=1S/C10H11BrFNOS/c1-6(10(13)14)15-5-7-2-3-8(11)9(12)4-7/h2-4,6H,5H2,1H3,(H2,13,14). The van der Waals surface area contributed by atoms with Gasteiger partial charge < -0.3 is 5.73 Å². The first-order valence-electron chi connectivity index (χ1n) is 4.35. The molecular weight excluding hydrogens is 281 g/mol. The second-order valence-electron chi connectivity index (χ2n) is 3.10. The molecule has 82 valence electrons. The molecule has 0 aromatic heterocycles. The summed E-state index contributed by atoms with van der Waals surface area (Å²) in [4.78, 5) is 10.8. The molecule has 0 fully saturated rings. The fourth-order valence-electron chi connectivity index (χ4n) is 0.933. The van der Waals surface area contributed by atoms with Crippen molar-refractivity contribution >= 4 is 33.6 Å². The minimum Gasteiger partial charge on any atom is -0.369 e. The molecule has 0 saturated carbocycles. The number of hydrogen-bond donors (Lipinski definition) is 1. The number of carbonyl (C=O) groups excluding carboxylic acids is 1. The minimum atomic E-state index is -0.349. The van der Waals surface area contributed by atoms with E-state index in [4.69, 9.17) is 5.73 Å². The van der Waals surface area contributed by atoms with Crippen LogP contribution in [0.25, 0.3) is 0 Å². The Morgan fingerprint density at radius 2 is 2.33 bits per heavy atom. The van der Waals surface area contributed by atoms with E-state index < -0.39 is 0 Å². The van der Waals surface area contributed by atoms with Gasteiger partial charge in [-0.2, -0.15) is 0 Å². The third-order valence-electron chi connectivity index (χ3n) is 1.88. The summed E-state index contributed by atoms with van der Waals surface area (Å²) >= 11 is 4.47. The quantitative estimate of drug-likeness (QED) is 0.927. The van der Waals surface area contributed by atoms with Gasteiger partial charge >= 0.3 is 0 Å². The monoisotopic (exact) mass is 291 g/mol. The minimum absolute atomic E-state index is 0.253. The third-order valence-corrected chi connectivity index (χ3v) is 3.76. The average molecular weight is 292 g/mol. The van der Waals surface area contributed by atoms with Gasteiger partial charge in [0.2, 0.25) is 5.91 Å². The van der Waals surface area contributed by atoms with Gasteiger partial charge in [0.25, 0.3) is 0 Å². The van der Waals surface area contributed by atoms with Gasteiger partial charge in [-0.15, -0.1) is 11.8 Å². The molecule has 1 aromatic rings. The molecule has 1 rings (SSSR count). The third kappa shape index (κ3) is 3.83. The Hall–Kier alpha value is -0.550. The van der Waals surface area contributed by atoms with Crippen LogP contribution in [-0.4, -0.2) is 11.2 Å². The zero-order valence-electron chi connectivity index (χ0n) is 8.17. The molecule has 0 aliphatic rings. The number of carbonyl (C=O) groups is 1. The second-order valence-corrected chi connectivity index (χ2v) is 5.29. The van der Waals surface area contributed by atoms with E-state index in [0.717, 1.165) is 5.56 Å². The lowest BCUT2D eigenvalue weighted by atomic mass is 10.2. The summed E-state index contributed by atoms with van der Waals surface area (Å²) in [6.45, 7) is 1.74. The van der Waals surface area contributed by atoms with Crippen LogP contribution >= 0.6 is 27.7 Å². The highest BCUT2D eigenvalue weighted by Gasteiger charge is 2.09. The second kappa shape index (κ2) is 5.51. The number of amides is 1. The molecule has 0 spiro atoms.